The third kappa shape index (κ3) is 6.32. The molecular formula is C30H21BrN2O6. The number of halogens is 1. The van der Waals surface area contributed by atoms with Crippen molar-refractivity contribution in [1.82, 2.24) is 0 Å². The lowest BCUT2D eigenvalue weighted by molar-refractivity contribution is -0.112. The standard InChI is InChI=1S/C30H21BrN2O6/c1-2-38-26-15-18(13-21(17-32)28(34)33-22-10-5-9-20(16-22)29(35)36)14-25(31)27(26)39-30(37)24-12-6-8-19-7-3-4-11-23(19)24/h3-16H,2H2,1H3,(H,33,34)(H,35,36). The topological polar surface area (TPSA) is 126 Å². The molecule has 0 bridgehead atoms. The Kier molecular flexibility index (Phi) is 8.39. The third-order valence-electron chi connectivity index (χ3n) is 5.58. The molecule has 9 heteroatoms. The Balaban J connectivity index is 1.63. The number of ether oxygens (including phenoxy) is 2. The van der Waals surface area contributed by atoms with E-state index in [9.17, 15) is 19.6 Å². The fourth-order valence-corrected chi connectivity index (χ4v) is 4.37. The predicted molar refractivity (Wildman–Crippen MR) is 150 cm³/mol. The number of fused-ring (bicyclic) bond motifs is 1. The fraction of sp³-hybridized carbons (Fsp3) is 0.0667. The summed E-state index contributed by atoms with van der Waals surface area (Å²) in [5.41, 5.74) is 0.816. The quantitative estimate of drug-likeness (QED) is 0.105. The van der Waals surface area contributed by atoms with Gasteiger partial charge in [0, 0.05) is 5.69 Å². The molecule has 0 radical (unpaired) electrons. The normalized spacial score (nSPS) is 10.9. The summed E-state index contributed by atoms with van der Waals surface area (Å²) in [7, 11) is 0. The van der Waals surface area contributed by atoms with E-state index in [0.717, 1.165) is 10.8 Å². The summed E-state index contributed by atoms with van der Waals surface area (Å²) in [6.45, 7) is 2.04. The van der Waals surface area contributed by atoms with Crippen LogP contribution in [0.4, 0.5) is 5.69 Å². The number of esters is 1. The number of hydrogen-bond donors (Lipinski definition) is 2. The first-order valence-corrected chi connectivity index (χ1v) is 12.5. The summed E-state index contributed by atoms with van der Waals surface area (Å²) in [4.78, 5) is 37.1. The van der Waals surface area contributed by atoms with Crippen LogP contribution >= 0.6 is 15.9 Å². The third-order valence-corrected chi connectivity index (χ3v) is 6.17. The van der Waals surface area contributed by atoms with E-state index in [1.54, 1.807) is 31.2 Å². The maximum Gasteiger partial charge on any atom is 0.344 e. The number of carboxylic acids is 1. The summed E-state index contributed by atoms with van der Waals surface area (Å²) in [5, 5.41) is 22.9. The summed E-state index contributed by atoms with van der Waals surface area (Å²) in [6, 6.07) is 23.5. The van der Waals surface area contributed by atoms with Gasteiger partial charge in [-0.15, -0.1) is 0 Å². The Labute approximate surface area is 232 Å². The van der Waals surface area contributed by atoms with Gasteiger partial charge in [0.15, 0.2) is 11.5 Å². The zero-order chi connectivity index (χ0) is 27.9. The van der Waals surface area contributed by atoms with Crippen molar-refractivity contribution in [3.05, 3.63) is 106 Å². The van der Waals surface area contributed by atoms with Gasteiger partial charge in [0.05, 0.1) is 22.2 Å². The van der Waals surface area contributed by atoms with E-state index >= 15 is 0 Å². The summed E-state index contributed by atoms with van der Waals surface area (Å²) in [5.74, 6) is -2.05. The molecular weight excluding hydrogens is 564 g/mol. The zero-order valence-electron chi connectivity index (χ0n) is 20.6. The molecule has 0 saturated heterocycles. The minimum atomic E-state index is -1.14. The minimum absolute atomic E-state index is 0.00536. The van der Waals surface area contributed by atoms with E-state index in [-0.39, 0.29) is 34.9 Å². The van der Waals surface area contributed by atoms with E-state index in [1.807, 2.05) is 36.4 Å². The van der Waals surface area contributed by atoms with Crippen LogP contribution in [0.1, 0.15) is 33.2 Å². The smallest absolute Gasteiger partial charge is 0.344 e. The van der Waals surface area contributed by atoms with Gasteiger partial charge in [0.1, 0.15) is 11.6 Å². The van der Waals surface area contributed by atoms with E-state index in [0.29, 0.717) is 15.6 Å². The molecule has 2 N–H and O–H groups in total. The van der Waals surface area contributed by atoms with E-state index in [1.165, 1.54) is 30.3 Å². The van der Waals surface area contributed by atoms with Crippen LogP contribution in [-0.2, 0) is 4.79 Å². The van der Waals surface area contributed by atoms with Crippen LogP contribution in [0.3, 0.4) is 0 Å². The van der Waals surface area contributed by atoms with Crippen LogP contribution in [0, 0.1) is 11.3 Å². The fourth-order valence-electron chi connectivity index (χ4n) is 3.83. The number of rotatable bonds is 8. The van der Waals surface area contributed by atoms with Gasteiger partial charge in [-0.25, -0.2) is 9.59 Å². The van der Waals surface area contributed by atoms with Gasteiger partial charge in [0.25, 0.3) is 5.91 Å². The summed E-state index contributed by atoms with van der Waals surface area (Å²) < 4.78 is 11.8. The van der Waals surface area contributed by atoms with Crippen molar-refractivity contribution in [3.63, 3.8) is 0 Å². The maximum atomic E-state index is 13.1. The Morgan fingerprint density at radius 2 is 1.77 bits per heavy atom. The number of carbonyl (C=O) groups excluding carboxylic acids is 2. The van der Waals surface area contributed by atoms with Crippen molar-refractivity contribution in [3.8, 4) is 17.6 Å². The molecule has 0 aromatic heterocycles. The lowest BCUT2D eigenvalue weighted by atomic mass is 10.0. The Morgan fingerprint density at radius 1 is 1.03 bits per heavy atom. The number of anilines is 1. The monoisotopic (exact) mass is 584 g/mol. The van der Waals surface area contributed by atoms with E-state index in [4.69, 9.17) is 14.6 Å². The van der Waals surface area contributed by atoms with Crippen LogP contribution in [-0.4, -0.2) is 29.6 Å². The molecule has 0 aliphatic carbocycles. The predicted octanol–water partition coefficient (Wildman–Crippen LogP) is 6.46. The average Bonchev–Trinajstić information content (AvgIpc) is 2.93. The molecule has 0 spiro atoms. The molecule has 4 aromatic carbocycles. The lowest BCUT2D eigenvalue weighted by Crippen LogP contribution is -2.14. The number of nitrogens with zero attached hydrogens (tertiary/aromatic N) is 1. The SMILES string of the molecule is CCOc1cc(C=C(C#N)C(=O)Nc2cccc(C(=O)O)c2)cc(Br)c1OC(=O)c1cccc2ccccc12. The molecule has 4 aromatic rings. The first-order chi connectivity index (χ1) is 18.8. The van der Waals surface area contributed by atoms with Crippen molar-refractivity contribution in [2.24, 2.45) is 0 Å². The number of carbonyl (C=O) groups is 3. The van der Waals surface area contributed by atoms with Crippen molar-refractivity contribution >= 4 is 56.3 Å². The zero-order valence-corrected chi connectivity index (χ0v) is 22.2. The maximum absolute atomic E-state index is 13.1. The average molecular weight is 585 g/mol. The van der Waals surface area contributed by atoms with Gasteiger partial charge in [-0.2, -0.15) is 5.26 Å². The first kappa shape index (κ1) is 27.1. The second-order valence-electron chi connectivity index (χ2n) is 8.19. The van der Waals surface area contributed by atoms with E-state index < -0.39 is 17.8 Å². The molecule has 4 rings (SSSR count). The number of hydrogen-bond acceptors (Lipinski definition) is 6. The summed E-state index contributed by atoms with van der Waals surface area (Å²) >= 11 is 3.42. The number of benzene rings is 4. The first-order valence-electron chi connectivity index (χ1n) is 11.7. The van der Waals surface area contributed by atoms with Crippen LogP contribution in [0.15, 0.2) is 88.9 Å². The molecule has 0 aliphatic heterocycles. The molecule has 39 heavy (non-hydrogen) atoms. The van der Waals surface area contributed by atoms with Crippen molar-refractivity contribution in [1.29, 1.82) is 5.26 Å². The second kappa shape index (κ2) is 12.1. The van der Waals surface area contributed by atoms with Gasteiger partial charge >= 0.3 is 11.9 Å². The van der Waals surface area contributed by atoms with Crippen LogP contribution in [0.2, 0.25) is 0 Å². The van der Waals surface area contributed by atoms with Crippen LogP contribution in [0.25, 0.3) is 16.8 Å². The molecule has 1 amide bonds. The van der Waals surface area contributed by atoms with Gasteiger partial charge in [-0.05, 0) is 81.7 Å². The molecule has 0 atom stereocenters. The number of aromatic carboxylic acids is 1. The van der Waals surface area contributed by atoms with Crippen molar-refractivity contribution in [2.75, 3.05) is 11.9 Å². The lowest BCUT2D eigenvalue weighted by Gasteiger charge is -2.14. The molecule has 0 fully saturated rings. The number of carboxylic acid groups (broad SMARTS) is 1. The number of nitriles is 1. The second-order valence-corrected chi connectivity index (χ2v) is 9.04. The Bertz CT molecular complexity index is 1670. The van der Waals surface area contributed by atoms with Gasteiger partial charge in [-0.3, -0.25) is 4.79 Å². The highest BCUT2D eigenvalue weighted by molar-refractivity contribution is 9.10. The van der Waals surface area contributed by atoms with Crippen LogP contribution in [0.5, 0.6) is 11.5 Å². The molecule has 194 valence electrons. The number of nitrogens with one attached hydrogen (secondary N) is 1. The van der Waals surface area contributed by atoms with Crippen LogP contribution < -0.4 is 14.8 Å². The molecule has 0 aliphatic rings. The van der Waals surface area contributed by atoms with E-state index in [2.05, 4.69) is 21.2 Å². The summed E-state index contributed by atoms with van der Waals surface area (Å²) in [6.07, 6.45) is 1.35. The Hall–Kier alpha value is -4.94. The highest BCUT2D eigenvalue weighted by Crippen LogP contribution is 2.38. The minimum Gasteiger partial charge on any atom is -0.490 e. The molecule has 0 heterocycles. The van der Waals surface area contributed by atoms with Crippen molar-refractivity contribution < 1.29 is 29.0 Å². The largest absolute Gasteiger partial charge is 0.490 e. The van der Waals surface area contributed by atoms with Gasteiger partial charge in [0.2, 0.25) is 0 Å². The van der Waals surface area contributed by atoms with Gasteiger partial charge in [-0.1, -0.05) is 42.5 Å². The van der Waals surface area contributed by atoms with Crippen molar-refractivity contribution in [2.45, 2.75) is 6.92 Å². The molecule has 0 saturated carbocycles. The molecule has 8 nitrogen and oxygen atoms in total. The number of amides is 1. The van der Waals surface area contributed by atoms with Gasteiger partial charge < -0.3 is 19.9 Å². The molecule has 0 unspecified atom stereocenters. The highest BCUT2D eigenvalue weighted by atomic mass is 79.9. The highest BCUT2D eigenvalue weighted by Gasteiger charge is 2.19. The Morgan fingerprint density at radius 3 is 2.51 bits per heavy atom.